The Kier molecular flexibility index (Phi) is 5.23. The fraction of sp³-hybridized carbons (Fsp3) is 0.448. The summed E-state index contributed by atoms with van der Waals surface area (Å²) in [7, 11) is 0. The number of hydrogen-bond donors (Lipinski definition) is 2. The highest BCUT2D eigenvalue weighted by Crippen LogP contribution is 2.55. The van der Waals surface area contributed by atoms with E-state index in [4.69, 9.17) is 4.74 Å². The van der Waals surface area contributed by atoms with Crippen molar-refractivity contribution in [1.82, 2.24) is 5.32 Å². The van der Waals surface area contributed by atoms with Crippen molar-refractivity contribution in [1.29, 1.82) is 0 Å². The number of aliphatic carboxylic acids is 1. The second-order valence-corrected chi connectivity index (χ2v) is 11.0. The third-order valence-electron chi connectivity index (χ3n) is 8.42. The molecule has 5 aliphatic carbocycles. The van der Waals surface area contributed by atoms with Crippen molar-refractivity contribution in [3.8, 4) is 5.75 Å². The van der Waals surface area contributed by atoms with E-state index in [-0.39, 0.29) is 11.4 Å². The van der Waals surface area contributed by atoms with E-state index in [1.165, 1.54) is 19.3 Å². The van der Waals surface area contributed by atoms with E-state index in [1.54, 1.807) is 6.08 Å². The second kappa shape index (κ2) is 8.30. The number of carbonyl (C=O) groups is 2. The summed E-state index contributed by atoms with van der Waals surface area (Å²) in [5, 5.41) is 12.6. The topological polar surface area (TPSA) is 75.6 Å². The molecule has 0 unspecified atom stereocenters. The molecule has 0 saturated heterocycles. The van der Waals surface area contributed by atoms with Crippen molar-refractivity contribution in [3.63, 3.8) is 0 Å². The van der Waals surface area contributed by atoms with Crippen LogP contribution in [0.3, 0.4) is 0 Å². The van der Waals surface area contributed by atoms with Gasteiger partial charge in [-0.15, -0.1) is 0 Å². The summed E-state index contributed by atoms with van der Waals surface area (Å²) < 4.78 is 5.99. The van der Waals surface area contributed by atoms with Gasteiger partial charge in [-0.3, -0.25) is 4.79 Å². The first-order valence-electron chi connectivity index (χ1n) is 12.6. The quantitative estimate of drug-likeness (QED) is 0.611. The van der Waals surface area contributed by atoms with Crippen LogP contribution in [0.4, 0.5) is 0 Å². The minimum Gasteiger partial charge on any atom is -0.489 e. The summed E-state index contributed by atoms with van der Waals surface area (Å²) in [6.45, 7) is 0.422. The minimum absolute atomic E-state index is 0.0283. The van der Waals surface area contributed by atoms with Gasteiger partial charge in [0.25, 0.3) is 5.91 Å². The molecule has 1 amide bonds. The first-order valence-corrected chi connectivity index (χ1v) is 12.6. The van der Waals surface area contributed by atoms with Gasteiger partial charge in [-0.25, -0.2) is 4.79 Å². The SMILES string of the molecule is O=C(O)C1=Cc2ccc(OCc3ccc(C(=O)NC45CC6CC(CC(C6)C4)C5)cc3)cc2CC1. The maximum absolute atomic E-state index is 13.0. The summed E-state index contributed by atoms with van der Waals surface area (Å²) in [6.07, 6.45) is 10.6. The van der Waals surface area contributed by atoms with Gasteiger partial charge in [0.15, 0.2) is 0 Å². The molecule has 5 nitrogen and oxygen atoms in total. The Bertz CT molecular complexity index is 1130. The van der Waals surface area contributed by atoms with Crippen LogP contribution in [0.1, 0.15) is 72.0 Å². The molecular weight excluding hydrogens is 426 g/mol. The zero-order chi connectivity index (χ0) is 23.3. The number of amides is 1. The van der Waals surface area contributed by atoms with E-state index in [0.717, 1.165) is 59.5 Å². The molecule has 2 N–H and O–H groups in total. The average molecular weight is 458 g/mol. The molecule has 4 fully saturated rings. The Morgan fingerprint density at radius 2 is 1.62 bits per heavy atom. The molecule has 5 aliphatic rings. The van der Waals surface area contributed by atoms with Gasteiger partial charge in [-0.05, 0) is 116 Å². The Labute approximate surface area is 200 Å². The lowest BCUT2D eigenvalue weighted by Gasteiger charge is -2.56. The van der Waals surface area contributed by atoms with Gasteiger partial charge < -0.3 is 15.2 Å². The predicted octanol–water partition coefficient (Wildman–Crippen LogP) is 5.38. The van der Waals surface area contributed by atoms with Crippen LogP contribution in [0.15, 0.2) is 48.0 Å². The van der Waals surface area contributed by atoms with Gasteiger partial charge in [0, 0.05) is 16.7 Å². The molecule has 34 heavy (non-hydrogen) atoms. The lowest BCUT2D eigenvalue weighted by atomic mass is 9.53. The van der Waals surface area contributed by atoms with Crippen LogP contribution in [0.2, 0.25) is 0 Å². The standard InChI is InChI=1S/C29H31NO4/c31-27(30-29-14-19-9-20(15-29)11-21(10-19)16-29)22-3-1-18(2-4-22)17-34-26-8-7-23-12-25(28(32)33)6-5-24(23)13-26/h1-4,7-8,12-13,19-21H,5-6,9-11,14-17H2,(H,30,31)(H,32,33). The van der Waals surface area contributed by atoms with Crippen LogP contribution >= 0.6 is 0 Å². The highest BCUT2D eigenvalue weighted by molar-refractivity contribution is 5.95. The van der Waals surface area contributed by atoms with Gasteiger partial charge in [0.05, 0.1) is 0 Å². The van der Waals surface area contributed by atoms with E-state index in [2.05, 4.69) is 5.32 Å². The molecule has 7 rings (SSSR count). The van der Waals surface area contributed by atoms with Crippen LogP contribution in [0.25, 0.3) is 6.08 Å². The lowest BCUT2D eigenvalue weighted by Crippen LogP contribution is -2.59. The van der Waals surface area contributed by atoms with Crippen LogP contribution in [-0.4, -0.2) is 22.5 Å². The van der Waals surface area contributed by atoms with E-state index < -0.39 is 5.97 Å². The number of carbonyl (C=O) groups excluding carboxylic acids is 1. The van der Waals surface area contributed by atoms with E-state index in [9.17, 15) is 14.7 Å². The molecule has 0 radical (unpaired) electrons. The molecule has 2 aromatic rings. The van der Waals surface area contributed by atoms with Gasteiger partial charge >= 0.3 is 5.97 Å². The number of ether oxygens (including phenoxy) is 1. The minimum atomic E-state index is -0.846. The number of aryl methyl sites for hydroxylation is 1. The fourth-order valence-electron chi connectivity index (χ4n) is 7.22. The second-order valence-electron chi connectivity index (χ2n) is 11.0. The first-order chi connectivity index (χ1) is 16.4. The Morgan fingerprint density at radius 1 is 0.941 bits per heavy atom. The molecule has 2 aromatic carbocycles. The number of rotatable bonds is 6. The molecule has 0 aliphatic heterocycles. The predicted molar refractivity (Wildman–Crippen MR) is 130 cm³/mol. The van der Waals surface area contributed by atoms with Gasteiger partial charge in [0.2, 0.25) is 0 Å². The van der Waals surface area contributed by atoms with Gasteiger partial charge in [0.1, 0.15) is 12.4 Å². The molecule has 5 heteroatoms. The molecule has 0 heterocycles. The number of carboxylic acid groups (broad SMARTS) is 1. The lowest BCUT2D eigenvalue weighted by molar-refractivity contribution is -0.132. The Hall–Kier alpha value is -3.08. The molecular formula is C29H31NO4. The molecule has 4 saturated carbocycles. The van der Waals surface area contributed by atoms with Crippen molar-refractivity contribution in [2.75, 3.05) is 0 Å². The van der Waals surface area contributed by atoms with Crippen LogP contribution in [0, 0.1) is 17.8 Å². The number of nitrogens with one attached hydrogen (secondary N) is 1. The number of hydrogen-bond acceptors (Lipinski definition) is 3. The van der Waals surface area contributed by atoms with Crippen LogP contribution < -0.4 is 10.1 Å². The summed E-state index contributed by atoms with van der Waals surface area (Å²) in [4.78, 5) is 24.2. The van der Waals surface area contributed by atoms with Crippen LogP contribution in [-0.2, 0) is 17.8 Å². The van der Waals surface area contributed by atoms with E-state index in [0.29, 0.717) is 30.6 Å². The normalized spacial score (nSPS) is 28.7. The van der Waals surface area contributed by atoms with Crippen molar-refractivity contribution in [2.45, 2.75) is 63.5 Å². The third kappa shape index (κ3) is 4.13. The Morgan fingerprint density at radius 3 is 2.26 bits per heavy atom. The van der Waals surface area contributed by atoms with Crippen molar-refractivity contribution >= 4 is 18.0 Å². The highest BCUT2D eigenvalue weighted by Gasteiger charge is 2.51. The monoisotopic (exact) mass is 457 g/mol. The molecule has 176 valence electrons. The summed E-state index contributed by atoms with van der Waals surface area (Å²) in [5.74, 6) is 2.41. The largest absolute Gasteiger partial charge is 0.489 e. The highest BCUT2D eigenvalue weighted by atomic mass is 16.5. The van der Waals surface area contributed by atoms with E-state index in [1.807, 2.05) is 42.5 Å². The Balaban J connectivity index is 1.07. The molecule has 0 atom stereocenters. The van der Waals surface area contributed by atoms with Gasteiger partial charge in [-0.2, -0.15) is 0 Å². The average Bonchev–Trinajstić information content (AvgIpc) is 2.81. The van der Waals surface area contributed by atoms with Crippen molar-refractivity contribution in [3.05, 3.63) is 70.3 Å². The number of carboxylic acids is 1. The van der Waals surface area contributed by atoms with Gasteiger partial charge in [-0.1, -0.05) is 18.2 Å². The molecule has 0 spiro atoms. The summed E-state index contributed by atoms with van der Waals surface area (Å²) in [6, 6.07) is 13.5. The van der Waals surface area contributed by atoms with Crippen molar-refractivity contribution in [2.24, 2.45) is 17.8 Å². The zero-order valence-electron chi connectivity index (χ0n) is 19.4. The zero-order valence-corrected chi connectivity index (χ0v) is 19.4. The van der Waals surface area contributed by atoms with E-state index >= 15 is 0 Å². The third-order valence-corrected chi connectivity index (χ3v) is 8.42. The molecule has 4 bridgehead atoms. The molecule has 0 aromatic heterocycles. The maximum Gasteiger partial charge on any atom is 0.331 e. The number of benzene rings is 2. The first kappa shape index (κ1) is 21.5. The summed E-state index contributed by atoms with van der Waals surface area (Å²) in [5.41, 5.74) is 4.27. The van der Waals surface area contributed by atoms with Crippen LogP contribution in [0.5, 0.6) is 5.75 Å². The maximum atomic E-state index is 13.0. The number of fused-ring (bicyclic) bond motifs is 1. The fourth-order valence-corrected chi connectivity index (χ4v) is 7.22. The smallest absolute Gasteiger partial charge is 0.331 e. The van der Waals surface area contributed by atoms with Crippen molar-refractivity contribution < 1.29 is 19.4 Å². The summed E-state index contributed by atoms with van der Waals surface area (Å²) >= 11 is 0.